The molecule has 0 radical (unpaired) electrons. The molecule has 2 amide bonds. The molecule has 21 heavy (non-hydrogen) atoms. The first-order chi connectivity index (χ1) is 10.2. The molecule has 2 saturated heterocycles. The van der Waals surface area contributed by atoms with Crippen molar-refractivity contribution in [2.45, 2.75) is 12.3 Å². The van der Waals surface area contributed by atoms with Crippen LogP contribution in [0, 0.1) is 0 Å². The molecule has 1 N–H and O–H groups in total. The lowest BCUT2D eigenvalue weighted by molar-refractivity contribution is -0.138. The summed E-state index contributed by atoms with van der Waals surface area (Å²) in [4.78, 5) is 27.9. The fourth-order valence-electron chi connectivity index (χ4n) is 3.05. The van der Waals surface area contributed by atoms with E-state index in [1.807, 2.05) is 23.1 Å². The van der Waals surface area contributed by atoms with E-state index < -0.39 is 0 Å². The minimum Gasteiger partial charge on any atom is -0.339 e. The molecule has 2 heterocycles. The van der Waals surface area contributed by atoms with Crippen molar-refractivity contribution in [2.24, 2.45) is 0 Å². The summed E-state index contributed by atoms with van der Waals surface area (Å²) < 4.78 is 0. The predicted octanol–water partition coefficient (Wildman–Crippen LogP) is 0.434. The van der Waals surface area contributed by atoms with Crippen molar-refractivity contribution >= 4 is 11.8 Å². The van der Waals surface area contributed by atoms with Crippen LogP contribution in [-0.2, 0) is 9.59 Å². The normalized spacial score (nSPS) is 22.7. The first kappa shape index (κ1) is 14.1. The van der Waals surface area contributed by atoms with E-state index in [-0.39, 0.29) is 24.3 Å². The van der Waals surface area contributed by atoms with Crippen molar-refractivity contribution in [3.63, 3.8) is 0 Å². The van der Waals surface area contributed by atoms with Crippen LogP contribution in [-0.4, -0.2) is 60.9 Å². The van der Waals surface area contributed by atoms with Gasteiger partial charge in [-0.15, -0.1) is 0 Å². The zero-order chi connectivity index (χ0) is 14.7. The second-order valence-electron chi connectivity index (χ2n) is 5.72. The van der Waals surface area contributed by atoms with Gasteiger partial charge in [-0.25, -0.2) is 0 Å². The minimum absolute atomic E-state index is 0.0681. The highest BCUT2D eigenvalue weighted by Gasteiger charge is 2.32. The number of hydrogen-bond acceptors (Lipinski definition) is 3. The maximum Gasteiger partial charge on any atom is 0.242 e. The van der Waals surface area contributed by atoms with E-state index in [1.54, 1.807) is 4.90 Å². The molecule has 1 aromatic carbocycles. The van der Waals surface area contributed by atoms with Crippen molar-refractivity contribution in [3.8, 4) is 0 Å². The molecule has 2 aliphatic rings. The summed E-state index contributed by atoms with van der Waals surface area (Å²) in [5.74, 6) is 0.375. The average molecular weight is 287 g/mol. The number of likely N-dealkylation sites (tertiary alicyclic amines) is 1. The fourth-order valence-corrected chi connectivity index (χ4v) is 3.05. The van der Waals surface area contributed by atoms with Crippen molar-refractivity contribution in [2.75, 3.05) is 39.3 Å². The van der Waals surface area contributed by atoms with Gasteiger partial charge in [0.25, 0.3) is 0 Å². The highest BCUT2D eigenvalue weighted by Crippen LogP contribution is 2.27. The molecule has 2 fully saturated rings. The first-order valence-electron chi connectivity index (χ1n) is 7.55. The lowest BCUT2D eigenvalue weighted by atomic mass is 9.99. The zero-order valence-corrected chi connectivity index (χ0v) is 12.1. The van der Waals surface area contributed by atoms with E-state index in [9.17, 15) is 9.59 Å². The summed E-state index contributed by atoms with van der Waals surface area (Å²) in [6.07, 6.45) is 0.513. The first-order valence-corrected chi connectivity index (χ1v) is 7.55. The van der Waals surface area contributed by atoms with Gasteiger partial charge >= 0.3 is 0 Å². The van der Waals surface area contributed by atoms with E-state index in [2.05, 4.69) is 17.4 Å². The number of carbonyl (C=O) groups excluding carboxylic acids is 2. The molecule has 0 spiro atoms. The van der Waals surface area contributed by atoms with Gasteiger partial charge in [0.15, 0.2) is 0 Å². The highest BCUT2D eigenvalue weighted by atomic mass is 16.2. The quantitative estimate of drug-likeness (QED) is 0.877. The second-order valence-corrected chi connectivity index (χ2v) is 5.72. The minimum atomic E-state index is 0.0681. The van der Waals surface area contributed by atoms with Gasteiger partial charge in [-0.1, -0.05) is 30.3 Å². The smallest absolute Gasteiger partial charge is 0.242 e. The molecule has 0 saturated carbocycles. The Balaban J connectivity index is 1.59. The summed E-state index contributed by atoms with van der Waals surface area (Å²) in [7, 11) is 0. The monoisotopic (exact) mass is 287 g/mol. The number of amides is 2. The fraction of sp³-hybridized carbons (Fsp3) is 0.500. The van der Waals surface area contributed by atoms with Crippen LogP contribution in [0.15, 0.2) is 30.3 Å². The Hall–Kier alpha value is -1.88. The molecule has 5 heteroatoms. The molecule has 0 bridgehead atoms. The van der Waals surface area contributed by atoms with Gasteiger partial charge in [0.1, 0.15) is 0 Å². The molecular formula is C16H21N3O2. The van der Waals surface area contributed by atoms with Crippen LogP contribution in [0.25, 0.3) is 0 Å². The molecule has 5 nitrogen and oxygen atoms in total. The molecule has 1 atom stereocenters. The van der Waals surface area contributed by atoms with E-state index in [0.717, 1.165) is 26.2 Å². The Morgan fingerprint density at radius 3 is 2.62 bits per heavy atom. The number of nitrogens with one attached hydrogen (secondary N) is 1. The van der Waals surface area contributed by atoms with Crippen molar-refractivity contribution in [1.29, 1.82) is 0 Å². The summed E-state index contributed by atoms with van der Waals surface area (Å²) in [6, 6.07) is 10.1. The van der Waals surface area contributed by atoms with Crippen LogP contribution in [0.4, 0.5) is 0 Å². The van der Waals surface area contributed by atoms with Crippen molar-refractivity contribution < 1.29 is 9.59 Å². The molecule has 0 aliphatic carbocycles. The maximum atomic E-state index is 12.2. The third-order valence-corrected chi connectivity index (χ3v) is 4.28. The number of benzene rings is 1. The van der Waals surface area contributed by atoms with E-state index in [0.29, 0.717) is 13.0 Å². The van der Waals surface area contributed by atoms with Crippen molar-refractivity contribution in [3.05, 3.63) is 35.9 Å². The van der Waals surface area contributed by atoms with Gasteiger partial charge in [-0.05, 0) is 5.56 Å². The van der Waals surface area contributed by atoms with E-state index in [1.165, 1.54) is 5.56 Å². The lowest BCUT2D eigenvalue weighted by Crippen LogP contribution is -2.49. The number of nitrogens with zero attached hydrogens (tertiary/aromatic N) is 2. The highest BCUT2D eigenvalue weighted by molar-refractivity contribution is 5.86. The maximum absolute atomic E-state index is 12.2. The van der Waals surface area contributed by atoms with E-state index in [4.69, 9.17) is 0 Å². The summed E-state index contributed by atoms with van der Waals surface area (Å²) >= 11 is 0. The number of hydrogen-bond donors (Lipinski definition) is 1. The van der Waals surface area contributed by atoms with Crippen molar-refractivity contribution in [1.82, 2.24) is 15.1 Å². The molecule has 2 aliphatic heterocycles. The average Bonchev–Trinajstić information content (AvgIpc) is 2.90. The van der Waals surface area contributed by atoms with Gasteiger partial charge < -0.3 is 15.1 Å². The van der Waals surface area contributed by atoms with Gasteiger partial charge in [-0.3, -0.25) is 9.59 Å². The third kappa shape index (κ3) is 3.24. The zero-order valence-electron chi connectivity index (χ0n) is 12.1. The summed E-state index contributed by atoms with van der Waals surface area (Å²) in [5, 5.41) is 3.23. The Morgan fingerprint density at radius 1 is 1.19 bits per heavy atom. The van der Waals surface area contributed by atoms with Crippen LogP contribution in [0.5, 0.6) is 0 Å². The third-order valence-electron chi connectivity index (χ3n) is 4.28. The molecule has 3 rings (SSSR count). The number of carbonyl (C=O) groups is 2. The Kier molecular flexibility index (Phi) is 4.20. The predicted molar refractivity (Wildman–Crippen MR) is 79.8 cm³/mol. The second kappa shape index (κ2) is 6.26. The molecule has 0 aromatic heterocycles. The molecular weight excluding hydrogens is 266 g/mol. The molecule has 1 aromatic rings. The molecule has 1 unspecified atom stereocenters. The van der Waals surface area contributed by atoms with Crippen LogP contribution in [0.3, 0.4) is 0 Å². The largest absolute Gasteiger partial charge is 0.339 e. The van der Waals surface area contributed by atoms with Crippen LogP contribution in [0.1, 0.15) is 17.9 Å². The number of piperazine rings is 1. The molecule has 112 valence electrons. The van der Waals surface area contributed by atoms with Gasteiger partial charge in [0, 0.05) is 45.1 Å². The SMILES string of the molecule is O=C(CN1CC(c2ccccc2)CC1=O)N1CCNCC1. The van der Waals surface area contributed by atoms with Gasteiger partial charge in [0.05, 0.1) is 6.54 Å². The van der Waals surface area contributed by atoms with Gasteiger partial charge in [0.2, 0.25) is 11.8 Å². The lowest BCUT2D eigenvalue weighted by Gasteiger charge is -2.29. The van der Waals surface area contributed by atoms with Gasteiger partial charge in [-0.2, -0.15) is 0 Å². The Labute approximate surface area is 124 Å². The standard InChI is InChI=1S/C16H21N3O2/c20-15-10-14(13-4-2-1-3-5-13)11-19(15)12-16(21)18-8-6-17-7-9-18/h1-5,14,17H,6-12H2. The Bertz CT molecular complexity index is 512. The van der Waals surface area contributed by atoms with Crippen LogP contribution in [0.2, 0.25) is 0 Å². The number of rotatable bonds is 3. The van der Waals surface area contributed by atoms with Crippen LogP contribution >= 0.6 is 0 Å². The summed E-state index contributed by atoms with van der Waals surface area (Å²) in [5.41, 5.74) is 1.18. The Morgan fingerprint density at radius 2 is 1.90 bits per heavy atom. The van der Waals surface area contributed by atoms with Crippen LogP contribution < -0.4 is 5.32 Å². The topological polar surface area (TPSA) is 52.7 Å². The summed E-state index contributed by atoms with van der Waals surface area (Å²) in [6.45, 7) is 4.04. The van der Waals surface area contributed by atoms with E-state index >= 15 is 0 Å².